The summed E-state index contributed by atoms with van der Waals surface area (Å²) in [6.07, 6.45) is 6.25. The van der Waals surface area contributed by atoms with Crippen LogP contribution in [-0.2, 0) is 15.9 Å². The third-order valence-electron chi connectivity index (χ3n) is 8.03. The number of piperazine rings is 1. The fraction of sp³-hybridized carbons (Fsp3) is 0.621. The number of pyridine rings is 1. The third kappa shape index (κ3) is 6.32. The molecule has 2 saturated heterocycles. The maximum absolute atomic E-state index is 13.9. The molecular formula is C29H44ClN5O4. The molecule has 3 aromatic rings. The highest BCUT2D eigenvalue weighted by atomic mass is 35.5. The third-order valence-corrected chi connectivity index (χ3v) is 8.03. The van der Waals surface area contributed by atoms with Gasteiger partial charge in [0.1, 0.15) is 0 Å². The number of H-pyrrole nitrogens is 1. The molecule has 2 aromatic heterocycles. The number of fused-ring (bicyclic) bond motifs is 3. The molecule has 1 atom stereocenters. The largest absolute Gasteiger partial charge is 0.385 e. The molecule has 1 amide bonds. The van der Waals surface area contributed by atoms with E-state index >= 15 is 0 Å². The predicted molar refractivity (Wildman–Crippen MR) is 158 cm³/mol. The summed E-state index contributed by atoms with van der Waals surface area (Å²) >= 11 is 0. The molecule has 10 heteroatoms. The lowest BCUT2D eigenvalue weighted by molar-refractivity contribution is 0.0505. The minimum Gasteiger partial charge on any atom is -0.385 e. The quantitative estimate of drug-likeness (QED) is 0.409. The zero-order valence-electron chi connectivity index (χ0n) is 22.7. The van der Waals surface area contributed by atoms with Gasteiger partial charge in [-0.1, -0.05) is 14.4 Å². The summed E-state index contributed by atoms with van der Waals surface area (Å²) in [5.41, 5.74) is 3.12. The number of aromatic amines is 1. The van der Waals surface area contributed by atoms with E-state index in [2.05, 4.69) is 28.8 Å². The first kappa shape index (κ1) is 31.1. The van der Waals surface area contributed by atoms with Crippen molar-refractivity contribution >= 4 is 40.1 Å². The van der Waals surface area contributed by atoms with Gasteiger partial charge in [-0.15, -0.1) is 12.4 Å². The van der Waals surface area contributed by atoms with Crippen LogP contribution in [0.4, 0.5) is 0 Å². The van der Waals surface area contributed by atoms with Crippen LogP contribution in [0.15, 0.2) is 23.1 Å². The van der Waals surface area contributed by atoms with Crippen LogP contribution in [0.5, 0.6) is 0 Å². The standard InChI is InChI=1S/C28H39N5O4.CH4.ClH/c1-4-20-15-25-23(26-24(27(34)30-25)17-29-33(26)21-7-13-37-14-8-21)16-22(20)28(35)32-11-10-31(19(2)18-32)9-5-6-12-36-3;;/h15-17,19,21H,4-14,18H2,1-3H3,(H,30,34);1H4;1H/t19-;;/m1../s1. The number of methoxy groups -OCH3 is 1. The number of halogens is 1. The van der Waals surface area contributed by atoms with Crippen LogP contribution >= 0.6 is 12.4 Å². The smallest absolute Gasteiger partial charge is 0.259 e. The van der Waals surface area contributed by atoms with Crippen LogP contribution in [-0.4, -0.2) is 89.6 Å². The van der Waals surface area contributed by atoms with Gasteiger partial charge in [0, 0.05) is 63.6 Å². The molecule has 0 aliphatic carbocycles. The predicted octanol–water partition coefficient (Wildman–Crippen LogP) is 4.42. The number of benzene rings is 1. The summed E-state index contributed by atoms with van der Waals surface area (Å²) in [5, 5.41) is 6.07. The number of amides is 1. The van der Waals surface area contributed by atoms with E-state index in [1.165, 1.54) is 0 Å². The number of aryl methyl sites for hydroxylation is 1. The van der Waals surface area contributed by atoms with Gasteiger partial charge < -0.3 is 19.4 Å². The Labute approximate surface area is 237 Å². The van der Waals surface area contributed by atoms with Gasteiger partial charge in [0.15, 0.2) is 0 Å². The van der Waals surface area contributed by atoms with Gasteiger partial charge in [-0.3, -0.25) is 19.2 Å². The van der Waals surface area contributed by atoms with E-state index < -0.39 is 0 Å². The van der Waals surface area contributed by atoms with Crippen LogP contribution in [0.1, 0.15) is 68.9 Å². The van der Waals surface area contributed by atoms with E-state index in [4.69, 9.17) is 9.47 Å². The molecule has 39 heavy (non-hydrogen) atoms. The Morgan fingerprint density at radius 3 is 2.64 bits per heavy atom. The first-order valence-corrected chi connectivity index (χ1v) is 13.7. The van der Waals surface area contributed by atoms with Crippen molar-refractivity contribution in [2.45, 2.75) is 65.5 Å². The van der Waals surface area contributed by atoms with Crippen molar-refractivity contribution < 1.29 is 14.3 Å². The number of carbonyl (C=O) groups is 1. The summed E-state index contributed by atoms with van der Waals surface area (Å²) in [5.74, 6) is 0.0705. The zero-order chi connectivity index (χ0) is 25.9. The number of nitrogens with one attached hydrogen (secondary N) is 1. The first-order valence-electron chi connectivity index (χ1n) is 13.7. The molecule has 2 fully saturated rings. The second-order valence-electron chi connectivity index (χ2n) is 10.4. The summed E-state index contributed by atoms with van der Waals surface area (Å²) in [6.45, 7) is 9.77. The van der Waals surface area contributed by atoms with Crippen molar-refractivity contribution in [3.05, 3.63) is 39.8 Å². The van der Waals surface area contributed by atoms with Gasteiger partial charge in [-0.25, -0.2) is 0 Å². The van der Waals surface area contributed by atoms with Crippen molar-refractivity contribution in [3.8, 4) is 0 Å². The summed E-state index contributed by atoms with van der Waals surface area (Å²) in [4.78, 5) is 34.3. The highest BCUT2D eigenvalue weighted by molar-refractivity contribution is 6.07. The molecule has 1 N–H and O–H groups in total. The van der Waals surface area contributed by atoms with Crippen molar-refractivity contribution in [1.82, 2.24) is 24.6 Å². The highest BCUT2D eigenvalue weighted by Crippen LogP contribution is 2.30. The van der Waals surface area contributed by atoms with Crippen LogP contribution < -0.4 is 5.56 Å². The van der Waals surface area contributed by atoms with Crippen LogP contribution in [0.2, 0.25) is 0 Å². The topological polar surface area (TPSA) is 92.7 Å². The monoisotopic (exact) mass is 561 g/mol. The van der Waals surface area contributed by atoms with E-state index in [1.807, 2.05) is 21.7 Å². The number of rotatable bonds is 8. The first-order chi connectivity index (χ1) is 18.0. The Balaban J connectivity index is 0.00000210. The van der Waals surface area contributed by atoms with Crippen LogP contribution in [0.25, 0.3) is 21.8 Å². The van der Waals surface area contributed by atoms with Crippen LogP contribution in [0.3, 0.4) is 0 Å². The molecule has 9 nitrogen and oxygen atoms in total. The van der Waals surface area contributed by atoms with Crippen molar-refractivity contribution in [1.29, 1.82) is 0 Å². The van der Waals surface area contributed by atoms with Crippen molar-refractivity contribution in [2.75, 3.05) is 53.1 Å². The number of nitrogens with zero attached hydrogens (tertiary/aromatic N) is 4. The molecule has 2 aliphatic rings. The number of hydrogen-bond donors (Lipinski definition) is 1. The van der Waals surface area contributed by atoms with Crippen LogP contribution in [0, 0.1) is 0 Å². The Morgan fingerprint density at radius 1 is 1.18 bits per heavy atom. The molecule has 0 saturated carbocycles. The molecule has 0 radical (unpaired) electrons. The Hall–Kier alpha value is -2.46. The molecule has 1 aromatic carbocycles. The lowest BCUT2D eigenvalue weighted by atomic mass is 9.98. The molecule has 2 aliphatic heterocycles. The molecule has 4 heterocycles. The summed E-state index contributed by atoms with van der Waals surface area (Å²) in [7, 11) is 1.74. The average Bonchev–Trinajstić information content (AvgIpc) is 3.37. The number of aromatic nitrogens is 3. The minimum atomic E-state index is -0.141. The number of ether oxygens (including phenoxy) is 2. The lowest BCUT2D eigenvalue weighted by Crippen LogP contribution is -2.53. The second kappa shape index (κ2) is 13.7. The van der Waals surface area contributed by atoms with Gasteiger partial charge in [0.25, 0.3) is 11.5 Å². The van der Waals surface area contributed by atoms with E-state index in [1.54, 1.807) is 13.3 Å². The summed E-state index contributed by atoms with van der Waals surface area (Å²) < 4.78 is 12.7. The van der Waals surface area contributed by atoms with Gasteiger partial charge in [0.2, 0.25) is 0 Å². The number of carbonyl (C=O) groups excluding carboxylic acids is 1. The SMILES string of the molecule is C.CCc1cc2[nH]c(=O)c3cnn(C4CCOCC4)c3c2cc1C(=O)N1CCN(CCCCOC)[C@H](C)C1.Cl. The van der Waals surface area contributed by atoms with Crippen molar-refractivity contribution in [2.24, 2.45) is 0 Å². The lowest BCUT2D eigenvalue weighted by Gasteiger charge is -2.40. The average molecular weight is 562 g/mol. The molecule has 0 unspecified atom stereocenters. The normalized spacial score (nSPS) is 18.7. The fourth-order valence-electron chi connectivity index (χ4n) is 5.87. The van der Waals surface area contributed by atoms with E-state index in [0.717, 1.165) is 79.5 Å². The molecule has 0 spiro atoms. The maximum Gasteiger partial charge on any atom is 0.259 e. The fourth-order valence-corrected chi connectivity index (χ4v) is 5.87. The highest BCUT2D eigenvalue weighted by Gasteiger charge is 2.29. The minimum absolute atomic E-state index is 0. The molecular weight excluding hydrogens is 518 g/mol. The molecule has 0 bridgehead atoms. The zero-order valence-corrected chi connectivity index (χ0v) is 23.5. The number of unbranched alkanes of at least 4 members (excludes halogenated alkanes) is 1. The Kier molecular flexibility index (Phi) is 11.0. The van der Waals surface area contributed by atoms with Gasteiger partial charge in [0.05, 0.1) is 28.7 Å². The van der Waals surface area contributed by atoms with E-state index in [0.29, 0.717) is 37.6 Å². The Morgan fingerprint density at radius 2 is 1.95 bits per heavy atom. The van der Waals surface area contributed by atoms with E-state index in [9.17, 15) is 9.59 Å². The summed E-state index contributed by atoms with van der Waals surface area (Å²) in [6, 6.07) is 4.47. The van der Waals surface area contributed by atoms with E-state index in [-0.39, 0.29) is 37.3 Å². The van der Waals surface area contributed by atoms with Gasteiger partial charge in [-0.05, 0) is 63.3 Å². The Bertz CT molecular complexity index is 1320. The molecule has 216 valence electrons. The van der Waals surface area contributed by atoms with Crippen molar-refractivity contribution in [3.63, 3.8) is 0 Å². The van der Waals surface area contributed by atoms with Gasteiger partial charge >= 0.3 is 0 Å². The second-order valence-corrected chi connectivity index (χ2v) is 10.4. The maximum atomic E-state index is 13.9. The number of hydrogen-bond acceptors (Lipinski definition) is 6. The molecule has 5 rings (SSSR count). The van der Waals surface area contributed by atoms with Gasteiger partial charge in [-0.2, -0.15) is 5.10 Å².